The predicted molar refractivity (Wildman–Crippen MR) is 207 cm³/mol. The Hall–Kier alpha value is -7.32. The minimum Gasteiger partial charge on any atom is -0.324 e. The van der Waals surface area contributed by atoms with E-state index in [4.69, 9.17) is 29.9 Å². The Labute approximate surface area is 296 Å². The number of hydrogen-bond acceptors (Lipinski definition) is 6. The van der Waals surface area contributed by atoms with Crippen molar-refractivity contribution in [1.29, 1.82) is 0 Å². The number of aromatic amines is 2. The van der Waals surface area contributed by atoms with Crippen molar-refractivity contribution in [3.63, 3.8) is 0 Å². The number of H-pyrrole nitrogens is 2. The van der Waals surface area contributed by atoms with E-state index in [9.17, 15) is 0 Å². The van der Waals surface area contributed by atoms with Gasteiger partial charge in [-0.05, 0) is 22.8 Å². The van der Waals surface area contributed by atoms with Gasteiger partial charge in [0.2, 0.25) is 0 Å². The topological polar surface area (TPSA) is 109 Å². The summed E-state index contributed by atoms with van der Waals surface area (Å²) in [6.45, 7) is 0. The predicted octanol–water partition coefficient (Wildman–Crippen LogP) is 10.2. The molecule has 52 heavy (non-hydrogen) atoms. The van der Waals surface area contributed by atoms with Crippen molar-refractivity contribution in [2.24, 2.45) is 0 Å². The molecule has 6 aromatic carbocycles. The van der Waals surface area contributed by atoms with Gasteiger partial charge in [0.15, 0.2) is 23.3 Å². The summed E-state index contributed by atoms with van der Waals surface area (Å²) in [4.78, 5) is 38.1. The lowest BCUT2D eigenvalue weighted by Gasteiger charge is -2.12. The summed E-state index contributed by atoms with van der Waals surface area (Å²) in [6, 6.07) is 49.6. The first kappa shape index (κ1) is 28.5. The molecule has 0 spiro atoms. The molecular weight excluding hydrogens is 641 g/mol. The first-order valence-electron chi connectivity index (χ1n) is 17.1. The van der Waals surface area contributed by atoms with Crippen molar-refractivity contribution in [3.8, 4) is 67.8 Å². The molecule has 0 aliphatic carbocycles. The Morgan fingerprint density at radius 2 is 0.692 bits per heavy atom. The van der Waals surface area contributed by atoms with E-state index in [2.05, 4.69) is 70.6 Å². The fourth-order valence-corrected chi connectivity index (χ4v) is 7.49. The lowest BCUT2D eigenvalue weighted by molar-refractivity contribution is 1.19. The quantitative estimate of drug-likeness (QED) is 0.190. The van der Waals surface area contributed by atoms with Gasteiger partial charge in [-0.1, -0.05) is 140 Å². The SMILES string of the molecule is c1ccc(-c2ccc3c4nc5nc(nc6[nH]c(nc7nc(nc([nH]4)c3c2-c2ccccc2)-c2ccccc2-7)c2ccccc62)-c2ccccc2-5)cc1. The van der Waals surface area contributed by atoms with Crippen LogP contribution in [-0.2, 0) is 0 Å². The first-order chi connectivity index (χ1) is 25.8. The maximum Gasteiger partial charge on any atom is 0.164 e. The number of benzene rings is 6. The number of fused-ring (bicyclic) bond motifs is 20. The molecule has 11 rings (SSSR count). The summed E-state index contributed by atoms with van der Waals surface area (Å²) in [5.41, 5.74) is 10.6. The second-order valence-corrected chi connectivity index (χ2v) is 12.9. The standard InChI is InChI=1S/C44H26N8/c1-3-13-25(14-4-1)27-23-24-34-36(35(27)26-15-5-2-6-16-26)44-51-42-33-22-12-11-21-32(33)40(49-42)47-38-29-18-8-7-17-28(29)37(45-38)46-39-30-19-9-10-20-31(30)41(48-39)50-43(34)52-44/h1-24H,(H2,45,46,47,48,49,50,51,52). The molecule has 2 aliphatic heterocycles. The van der Waals surface area contributed by atoms with Crippen molar-refractivity contribution in [2.45, 2.75) is 0 Å². The first-order valence-corrected chi connectivity index (χ1v) is 17.1. The number of aromatic nitrogens is 8. The molecule has 8 heteroatoms. The molecular formula is C44H26N8. The lowest BCUT2D eigenvalue weighted by Crippen LogP contribution is -1.88. The van der Waals surface area contributed by atoms with Gasteiger partial charge in [0.1, 0.15) is 22.6 Å². The largest absolute Gasteiger partial charge is 0.324 e. The van der Waals surface area contributed by atoms with E-state index < -0.39 is 0 Å². The zero-order valence-electron chi connectivity index (χ0n) is 27.5. The van der Waals surface area contributed by atoms with Gasteiger partial charge >= 0.3 is 0 Å². The van der Waals surface area contributed by atoms with Crippen LogP contribution in [-0.4, -0.2) is 39.9 Å². The minimum atomic E-state index is 0.570. The summed E-state index contributed by atoms with van der Waals surface area (Å²) in [6.07, 6.45) is 0. The highest BCUT2D eigenvalue weighted by molar-refractivity contribution is 6.16. The molecule has 2 N–H and O–H groups in total. The molecule has 0 atom stereocenters. The third-order valence-corrected chi connectivity index (χ3v) is 9.87. The van der Waals surface area contributed by atoms with Crippen LogP contribution in [0.2, 0.25) is 0 Å². The maximum absolute atomic E-state index is 5.34. The van der Waals surface area contributed by atoms with E-state index in [0.29, 0.717) is 45.9 Å². The fraction of sp³-hybridized carbons (Fsp3) is 0. The summed E-state index contributed by atoms with van der Waals surface area (Å²) in [7, 11) is 0. The van der Waals surface area contributed by atoms with E-state index in [0.717, 1.165) is 66.1 Å². The van der Waals surface area contributed by atoms with E-state index in [-0.39, 0.29) is 0 Å². The van der Waals surface area contributed by atoms with Crippen molar-refractivity contribution in [1.82, 2.24) is 39.9 Å². The van der Waals surface area contributed by atoms with Gasteiger partial charge in [-0.2, -0.15) is 0 Å². The normalized spacial score (nSPS) is 11.8. The van der Waals surface area contributed by atoms with Gasteiger partial charge in [-0.3, -0.25) is 0 Å². The van der Waals surface area contributed by atoms with Crippen molar-refractivity contribution in [3.05, 3.63) is 146 Å². The van der Waals surface area contributed by atoms with Crippen LogP contribution in [0.4, 0.5) is 0 Å². The molecule has 0 saturated heterocycles. The zero-order valence-corrected chi connectivity index (χ0v) is 27.5. The highest BCUT2D eigenvalue weighted by atomic mass is 15.1. The molecule has 0 saturated carbocycles. The lowest BCUT2D eigenvalue weighted by atomic mass is 9.91. The molecule has 0 fully saturated rings. The van der Waals surface area contributed by atoms with Crippen molar-refractivity contribution >= 4 is 44.1 Å². The molecule has 5 heterocycles. The molecule has 242 valence electrons. The summed E-state index contributed by atoms with van der Waals surface area (Å²) >= 11 is 0. The molecule has 3 aromatic heterocycles. The monoisotopic (exact) mass is 666 g/mol. The van der Waals surface area contributed by atoms with Crippen molar-refractivity contribution < 1.29 is 0 Å². The zero-order chi connectivity index (χ0) is 34.2. The molecule has 0 amide bonds. The smallest absolute Gasteiger partial charge is 0.164 e. The van der Waals surface area contributed by atoms with E-state index in [1.165, 1.54) is 0 Å². The molecule has 2 aliphatic rings. The highest BCUT2D eigenvalue weighted by Crippen LogP contribution is 2.42. The van der Waals surface area contributed by atoms with Crippen LogP contribution < -0.4 is 0 Å². The molecule has 8 nitrogen and oxygen atoms in total. The Morgan fingerprint density at radius 1 is 0.288 bits per heavy atom. The van der Waals surface area contributed by atoms with Crippen LogP contribution >= 0.6 is 0 Å². The third-order valence-electron chi connectivity index (χ3n) is 9.87. The van der Waals surface area contributed by atoms with Crippen LogP contribution in [0, 0.1) is 0 Å². The fourth-order valence-electron chi connectivity index (χ4n) is 7.49. The number of nitrogens with zero attached hydrogens (tertiary/aromatic N) is 6. The molecule has 0 unspecified atom stereocenters. The Balaban J connectivity index is 1.35. The molecule has 9 aromatic rings. The van der Waals surface area contributed by atoms with E-state index >= 15 is 0 Å². The Bertz CT molecular complexity index is 3070. The number of nitrogens with one attached hydrogen (secondary N) is 2. The molecule has 8 bridgehead atoms. The van der Waals surface area contributed by atoms with Crippen LogP contribution in [0.1, 0.15) is 0 Å². The van der Waals surface area contributed by atoms with Crippen LogP contribution in [0.15, 0.2) is 146 Å². The van der Waals surface area contributed by atoms with Gasteiger partial charge in [-0.25, -0.2) is 29.9 Å². The second kappa shape index (κ2) is 11.1. The van der Waals surface area contributed by atoms with Gasteiger partial charge < -0.3 is 9.97 Å². The number of hydrogen-bond donors (Lipinski definition) is 2. The van der Waals surface area contributed by atoms with Gasteiger partial charge in [0.05, 0.1) is 0 Å². The van der Waals surface area contributed by atoms with Gasteiger partial charge in [0, 0.05) is 49.4 Å². The van der Waals surface area contributed by atoms with Crippen LogP contribution in [0.25, 0.3) is 112 Å². The van der Waals surface area contributed by atoms with E-state index in [1.54, 1.807) is 0 Å². The summed E-state index contributed by atoms with van der Waals surface area (Å²) in [5.74, 6) is 2.30. The summed E-state index contributed by atoms with van der Waals surface area (Å²) < 4.78 is 0. The van der Waals surface area contributed by atoms with Crippen LogP contribution in [0.5, 0.6) is 0 Å². The second-order valence-electron chi connectivity index (χ2n) is 12.9. The van der Waals surface area contributed by atoms with Gasteiger partial charge in [-0.15, -0.1) is 0 Å². The highest BCUT2D eigenvalue weighted by Gasteiger charge is 2.23. The summed E-state index contributed by atoms with van der Waals surface area (Å²) in [5, 5.41) is 3.76. The van der Waals surface area contributed by atoms with Crippen LogP contribution in [0.3, 0.4) is 0 Å². The number of rotatable bonds is 2. The Kier molecular flexibility index (Phi) is 6.08. The average Bonchev–Trinajstić information content (AvgIpc) is 3.94. The average molecular weight is 667 g/mol. The van der Waals surface area contributed by atoms with E-state index in [1.807, 2.05) is 84.9 Å². The van der Waals surface area contributed by atoms with Crippen molar-refractivity contribution in [2.75, 3.05) is 0 Å². The minimum absolute atomic E-state index is 0.570. The van der Waals surface area contributed by atoms with Gasteiger partial charge in [0.25, 0.3) is 0 Å². The maximum atomic E-state index is 5.34. The Morgan fingerprint density at radius 3 is 1.21 bits per heavy atom. The molecule has 0 radical (unpaired) electrons. The third kappa shape index (κ3) is 4.34.